The Balaban J connectivity index is 1.84. The Kier molecular flexibility index (Phi) is 4.50. The molecule has 0 aliphatic carbocycles. The minimum Gasteiger partial charge on any atom is -0.464 e. The average Bonchev–Trinajstić information content (AvgIpc) is 3.24. The maximum atomic E-state index is 13.0. The number of nitrogens with zero attached hydrogens (tertiary/aromatic N) is 4. The van der Waals surface area contributed by atoms with Crippen molar-refractivity contribution < 1.29 is 9.21 Å². The fourth-order valence-corrected chi connectivity index (χ4v) is 3.21. The Morgan fingerprint density at radius 2 is 2.30 bits per heavy atom. The van der Waals surface area contributed by atoms with E-state index in [4.69, 9.17) is 4.42 Å². The van der Waals surface area contributed by atoms with Crippen LogP contribution in [0.15, 0.2) is 29.2 Å². The predicted octanol–water partition coefficient (Wildman–Crippen LogP) is 2.99. The van der Waals surface area contributed by atoms with Crippen molar-refractivity contribution in [3.05, 3.63) is 36.3 Å². The van der Waals surface area contributed by atoms with Gasteiger partial charge in [0.1, 0.15) is 30.2 Å². The Hall–Kier alpha value is -2.11. The summed E-state index contributed by atoms with van der Waals surface area (Å²) in [6, 6.07) is 3.69. The van der Waals surface area contributed by atoms with Crippen molar-refractivity contribution in [1.82, 2.24) is 19.7 Å². The fourth-order valence-electron chi connectivity index (χ4n) is 3.21. The second kappa shape index (κ2) is 6.56. The number of carbonyl (C=O) groups excluding carboxylic acids is 1. The molecule has 0 radical (unpaired) electrons. The molecule has 3 rings (SSSR count). The van der Waals surface area contributed by atoms with Gasteiger partial charge in [0.25, 0.3) is 0 Å². The molecule has 1 amide bonds. The molecule has 0 saturated carbocycles. The Labute approximate surface area is 136 Å². The van der Waals surface area contributed by atoms with Crippen LogP contribution in [0.25, 0.3) is 0 Å². The van der Waals surface area contributed by atoms with E-state index < -0.39 is 0 Å². The first kappa shape index (κ1) is 15.8. The van der Waals surface area contributed by atoms with Gasteiger partial charge in [0.2, 0.25) is 5.91 Å². The normalized spacial score (nSPS) is 23.0. The first-order chi connectivity index (χ1) is 11.1. The summed E-state index contributed by atoms with van der Waals surface area (Å²) in [6.45, 7) is 6.93. The van der Waals surface area contributed by atoms with Crippen LogP contribution in [0.4, 0.5) is 0 Å². The highest BCUT2D eigenvalue weighted by Gasteiger charge is 2.35. The highest BCUT2D eigenvalue weighted by molar-refractivity contribution is 5.80. The number of likely N-dealkylation sites (tertiary alicyclic amines) is 1. The summed E-state index contributed by atoms with van der Waals surface area (Å²) in [7, 11) is 0. The third-order valence-corrected chi connectivity index (χ3v) is 4.70. The first-order valence-corrected chi connectivity index (χ1v) is 8.33. The van der Waals surface area contributed by atoms with Gasteiger partial charge in [-0.2, -0.15) is 5.10 Å². The van der Waals surface area contributed by atoms with Crippen LogP contribution in [0.1, 0.15) is 57.2 Å². The minimum atomic E-state index is -0.353. The standard InChI is InChI=1S/C17H24N4O2/c1-4-14-5-6-16(23-14)15-9-12(2)7-8-20(15)17(22)13(3)21-11-18-10-19-21/h5-6,10-13,15H,4,7-9H2,1-3H3/t12-,13+,15-/m0/s1. The molecule has 0 bridgehead atoms. The zero-order valence-corrected chi connectivity index (χ0v) is 14.0. The van der Waals surface area contributed by atoms with E-state index in [2.05, 4.69) is 23.9 Å². The molecule has 124 valence electrons. The number of hydrogen-bond donors (Lipinski definition) is 0. The topological polar surface area (TPSA) is 64.2 Å². The van der Waals surface area contributed by atoms with Crippen LogP contribution in [-0.2, 0) is 11.2 Å². The number of aromatic nitrogens is 3. The lowest BCUT2D eigenvalue weighted by Crippen LogP contribution is -2.43. The zero-order valence-electron chi connectivity index (χ0n) is 14.0. The van der Waals surface area contributed by atoms with Gasteiger partial charge >= 0.3 is 0 Å². The maximum absolute atomic E-state index is 13.0. The number of rotatable bonds is 4. The first-order valence-electron chi connectivity index (χ1n) is 8.33. The van der Waals surface area contributed by atoms with E-state index in [9.17, 15) is 4.79 Å². The van der Waals surface area contributed by atoms with E-state index in [1.165, 1.54) is 6.33 Å². The molecule has 6 nitrogen and oxygen atoms in total. The van der Waals surface area contributed by atoms with E-state index in [0.717, 1.165) is 37.3 Å². The van der Waals surface area contributed by atoms with Crippen molar-refractivity contribution >= 4 is 5.91 Å². The molecule has 1 saturated heterocycles. The molecule has 1 aliphatic rings. The molecule has 0 spiro atoms. The molecule has 2 aromatic rings. The van der Waals surface area contributed by atoms with Crippen LogP contribution < -0.4 is 0 Å². The van der Waals surface area contributed by atoms with E-state index >= 15 is 0 Å². The van der Waals surface area contributed by atoms with Gasteiger partial charge in [-0.3, -0.25) is 4.79 Å². The summed E-state index contributed by atoms with van der Waals surface area (Å²) in [5.74, 6) is 2.52. The molecule has 1 fully saturated rings. The van der Waals surface area contributed by atoms with Crippen molar-refractivity contribution in [2.24, 2.45) is 5.92 Å². The smallest absolute Gasteiger partial charge is 0.247 e. The second-order valence-electron chi connectivity index (χ2n) is 6.39. The van der Waals surface area contributed by atoms with Crippen molar-refractivity contribution in [2.45, 2.75) is 52.1 Å². The van der Waals surface area contributed by atoms with Crippen molar-refractivity contribution in [1.29, 1.82) is 0 Å². The van der Waals surface area contributed by atoms with Crippen LogP contribution in [0.3, 0.4) is 0 Å². The molecule has 23 heavy (non-hydrogen) atoms. The lowest BCUT2D eigenvalue weighted by molar-refractivity contribution is -0.139. The summed E-state index contributed by atoms with van der Waals surface area (Å²) < 4.78 is 7.55. The summed E-state index contributed by atoms with van der Waals surface area (Å²) in [5, 5.41) is 4.10. The fraction of sp³-hybridized carbons (Fsp3) is 0.588. The minimum absolute atomic E-state index is 0.0116. The number of amides is 1. The SMILES string of the molecule is CCc1ccc([C@@H]2C[C@@H](C)CCN2C(=O)[C@@H](C)n2cncn2)o1. The number of piperidine rings is 1. The van der Waals surface area contributed by atoms with Crippen molar-refractivity contribution in [3.8, 4) is 0 Å². The molecular weight excluding hydrogens is 292 g/mol. The van der Waals surface area contributed by atoms with Gasteiger partial charge < -0.3 is 9.32 Å². The van der Waals surface area contributed by atoms with Gasteiger partial charge in [-0.05, 0) is 37.8 Å². The Morgan fingerprint density at radius 1 is 1.48 bits per heavy atom. The molecule has 0 unspecified atom stereocenters. The van der Waals surface area contributed by atoms with E-state index in [-0.39, 0.29) is 18.0 Å². The predicted molar refractivity (Wildman–Crippen MR) is 85.7 cm³/mol. The van der Waals surface area contributed by atoms with E-state index in [1.807, 2.05) is 24.0 Å². The highest BCUT2D eigenvalue weighted by atomic mass is 16.3. The lowest BCUT2D eigenvalue weighted by atomic mass is 9.90. The summed E-state index contributed by atoms with van der Waals surface area (Å²) in [6.07, 6.45) is 5.87. The van der Waals surface area contributed by atoms with Crippen LogP contribution >= 0.6 is 0 Å². The van der Waals surface area contributed by atoms with Crippen LogP contribution in [-0.4, -0.2) is 32.1 Å². The average molecular weight is 316 g/mol. The van der Waals surface area contributed by atoms with Gasteiger partial charge in [0, 0.05) is 13.0 Å². The second-order valence-corrected chi connectivity index (χ2v) is 6.39. The van der Waals surface area contributed by atoms with Crippen molar-refractivity contribution in [3.63, 3.8) is 0 Å². The molecule has 0 N–H and O–H groups in total. The van der Waals surface area contributed by atoms with E-state index in [0.29, 0.717) is 5.92 Å². The summed E-state index contributed by atoms with van der Waals surface area (Å²) in [5.41, 5.74) is 0. The van der Waals surface area contributed by atoms with Crippen molar-refractivity contribution in [2.75, 3.05) is 6.54 Å². The van der Waals surface area contributed by atoms with E-state index in [1.54, 1.807) is 11.0 Å². The van der Waals surface area contributed by atoms with Gasteiger partial charge in [-0.1, -0.05) is 13.8 Å². The lowest BCUT2D eigenvalue weighted by Gasteiger charge is -2.38. The zero-order chi connectivity index (χ0) is 16.4. The molecule has 6 heteroatoms. The number of carbonyl (C=O) groups is 1. The maximum Gasteiger partial charge on any atom is 0.247 e. The largest absolute Gasteiger partial charge is 0.464 e. The van der Waals surface area contributed by atoms with Gasteiger partial charge in [-0.15, -0.1) is 0 Å². The van der Waals surface area contributed by atoms with Crippen LogP contribution in [0.2, 0.25) is 0 Å². The van der Waals surface area contributed by atoms with Gasteiger partial charge in [-0.25, -0.2) is 9.67 Å². The summed E-state index contributed by atoms with van der Waals surface area (Å²) in [4.78, 5) is 18.8. The molecule has 3 atom stereocenters. The van der Waals surface area contributed by atoms with Gasteiger partial charge in [0.05, 0.1) is 6.04 Å². The molecule has 2 aromatic heterocycles. The van der Waals surface area contributed by atoms with Gasteiger partial charge in [0.15, 0.2) is 0 Å². The third-order valence-electron chi connectivity index (χ3n) is 4.70. The Morgan fingerprint density at radius 3 is 2.96 bits per heavy atom. The number of hydrogen-bond acceptors (Lipinski definition) is 4. The number of aryl methyl sites for hydroxylation is 1. The quantitative estimate of drug-likeness (QED) is 0.870. The Bertz CT molecular complexity index is 649. The molecular formula is C17H24N4O2. The number of furan rings is 1. The highest BCUT2D eigenvalue weighted by Crippen LogP contribution is 2.36. The van der Waals surface area contributed by atoms with Crippen LogP contribution in [0.5, 0.6) is 0 Å². The molecule has 1 aliphatic heterocycles. The third kappa shape index (κ3) is 3.16. The molecule has 3 heterocycles. The molecule has 0 aromatic carbocycles. The summed E-state index contributed by atoms with van der Waals surface area (Å²) >= 11 is 0. The monoisotopic (exact) mass is 316 g/mol. The van der Waals surface area contributed by atoms with Crippen LogP contribution in [0, 0.1) is 5.92 Å².